The highest BCUT2D eigenvalue weighted by Gasteiger charge is 2.22. The molecular formula is C34H38N6O3S. The molecule has 1 fully saturated rings. The third-order valence-corrected chi connectivity index (χ3v) is 9.64. The van der Waals surface area contributed by atoms with Gasteiger partial charge in [-0.2, -0.15) is 0 Å². The summed E-state index contributed by atoms with van der Waals surface area (Å²) in [5, 5.41) is 5.88. The lowest BCUT2D eigenvalue weighted by Gasteiger charge is -2.29. The molecule has 6 rings (SSSR count). The van der Waals surface area contributed by atoms with E-state index in [2.05, 4.69) is 22.0 Å². The van der Waals surface area contributed by atoms with Crippen molar-refractivity contribution in [2.45, 2.75) is 31.7 Å². The Morgan fingerprint density at radius 3 is 2.48 bits per heavy atom. The van der Waals surface area contributed by atoms with Gasteiger partial charge in [0.25, 0.3) is 5.91 Å². The fourth-order valence-electron chi connectivity index (χ4n) is 5.98. The maximum Gasteiger partial charge on any atom is 0.268 e. The monoisotopic (exact) mass is 610 g/mol. The van der Waals surface area contributed by atoms with Crippen molar-refractivity contribution < 1.29 is 13.2 Å². The summed E-state index contributed by atoms with van der Waals surface area (Å²) in [6, 6.07) is 26.4. The standard InChI is InChI=1S/C34H38N6O3S/c1-39-15-13-24(14-16-39)21-36-34(41)32-19-27-11-12-29(20-35)37-33(27)40(32)22-28-18-30(17-26-9-5-6-10-31(26)28)38-44(42,43)23-25-7-3-2-4-8-25/h2-12,17-19,24,38H,13-16,20-23,35H2,1H3,(H,36,41). The highest BCUT2D eigenvalue weighted by molar-refractivity contribution is 7.91. The molecule has 0 radical (unpaired) electrons. The first kappa shape index (κ1) is 29.8. The van der Waals surface area contributed by atoms with Crippen LogP contribution in [-0.2, 0) is 28.9 Å². The zero-order valence-corrected chi connectivity index (χ0v) is 25.7. The Kier molecular flexibility index (Phi) is 8.65. The minimum absolute atomic E-state index is 0.133. The summed E-state index contributed by atoms with van der Waals surface area (Å²) in [4.78, 5) is 20.8. The van der Waals surface area contributed by atoms with Crippen LogP contribution in [0.25, 0.3) is 21.8 Å². The molecule has 0 aliphatic carbocycles. The number of piperidine rings is 1. The number of rotatable bonds is 10. The number of carbonyl (C=O) groups excluding carboxylic acids is 1. The first-order valence-electron chi connectivity index (χ1n) is 15.0. The number of hydrogen-bond acceptors (Lipinski definition) is 6. The van der Waals surface area contributed by atoms with E-state index in [9.17, 15) is 13.2 Å². The minimum Gasteiger partial charge on any atom is -0.350 e. The largest absolute Gasteiger partial charge is 0.350 e. The molecule has 1 aliphatic heterocycles. The summed E-state index contributed by atoms with van der Waals surface area (Å²) in [7, 11) is -1.54. The van der Waals surface area contributed by atoms with Gasteiger partial charge in [0.15, 0.2) is 0 Å². The van der Waals surface area contributed by atoms with Gasteiger partial charge in [0, 0.05) is 24.2 Å². The summed E-state index contributed by atoms with van der Waals surface area (Å²) in [6.07, 6.45) is 2.11. The number of amides is 1. The fourth-order valence-corrected chi connectivity index (χ4v) is 7.16. The van der Waals surface area contributed by atoms with E-state index in [0.717, 1.165) is 53.3 Å². The van der Waals surface area contributed by atoms with Crippen LogP contribution in [0.1, 0.15) is 40.2 Å². The number of hydrogen-bond donors (Lipinski definition) is 3. The third kappa shape index (κ3) is 6.77. The normalized spacial score (nSPS) is 14.7. The van der Waals surface area contributed by atoms with Gasteiger partial charge >= 0.3 is 0 Å². The maximum atomic E-state index is 13.7. The number of nitrogens with two attached hydrogens (primary N) is 1. The average molecular weight is 611 g/mol. The number of carbonyl (C=O) groups is 1. The number of aromatic nitrogens is 2. The SMILES string of the molecule is CN1CCC(CNC(=O)c2cc3ccc(CN)nc3n2Cc2cc(NS(=O)(=O)Cc3ccccc3)cc3ccccc23)CC1. The first-order valence-corrected chi connectivity index (χ1v) is 16.7. The Hall–Kier alpha value is -4.25. The molecule has 228 valence electrons. The van der Waals surface area contributed by atoms with Gasteiger partial charge in [-0.1, -0.05) is 54.6 Å². The molecule has 4 N–H and O–H groups in total. The topological polar surface area (TPSA) is 122 Å². The second-order valence-electron chi connectivity index (χ2n) is 11.7. The van der Waals surface area contributed by atoms with Crippen molar-refractivity contribution in [3.8, 4) is 0 Å². The predicted molar refractivity (Wildman–Crippen MR) is 176 cm³/mol. The van der Waals surface area contributed by atoms with Crippen LogP contribution in [0.2, 0.25) is 0 Å². The average Bonchev–Trinajstić information content (AvgIpc) is 3.38. The molecule has 1 aliphatic rings. The van der Waals surface area contributed by atoms with Crippen LogP contribution in [0.4, 0.5) is 5.69 Å². The predicted octanol–water partition coefficient (Wildman–Crippen LogP) is 4.71. The molecule has 44 heavy (non-hydrogen) atoms. The van der Waals surface area contributed by atoms with E-state index in [-0.39, 0.29) is 18.2 Å². The minimum atomic E-state index is -3.67. The van der Waals surface area contributed by atoms with Crippen LogP contribution in [0.15, 0.2) is 84.9 Å². The van der Waals surface area contributed by atoms with E-state index in [1.54, 1.807) is 12.1 Å². The highest BCUT2D eigenvalue weighted by atomic mass is 32.2. The number of benzene rings is 3. The lowest BCUT2D eigenvalue weighted by atomic mass is 9.97. The molecule has 0 bridgehead atoms. The number of nitrogens with one attached hydrogen (secondary N) is 2. The Morgan fingerprint density at radius 2 is 1.70 bits per heavy atom. The van der Waals surface area contributed by atoms with Crippen LogP contribution in [0, 0.1) is 5.92 Å². The molecule has 0 spiro atoms. The van der Waals surface area contributed by atoms with Gasteiger partial charge in [-0.3, -0.25) is 9.52 Å². The smallest absolute Gasteiger partial charge is 0.268 e. The van der Waals surface area contributed by atoms with E-state index in [0.29, 0.717) is 41.6 Å². The molecule has 10 heteroatoms. The van der Waals surface area contributed by atoms with Gasteiger partial charge in [-0.05, 0) is 91.1 Å². The van der Waals surface area contributed by atoms with E-state index in [1.165, 1.54) is 0 Å². The number of fused-ring (bicyclic) bond motifs is 2. The van der Waals surface area contributed by atoms with E-state index >= 15 is 0 Å². The van der Waals surface area contributed by atoms with Gasteiger partial charge in [-0.25, -0.2) is 13.4 Å². The number of nitrogens with zero attached hydrogens (tertiary/aromatic N) is 3. The number of pyridine rings is 1. The Balaban J connectivity index is 1.35. The molecule has 5 aromatic rings. The Morgan fingerprint density at radius 1 is 0.955 bits per heavy atom. The molecule has 1 amide bonds. The van der Waals surface area contributed by atoms with Crippen molar-refractivity contribution in [1.29, 1.82) is 0 Å². The molecular weight excluding hydrogens is 572 g/mol. The van der Waals surface area contributed by atoms with Crippen molar-refractivity contribution in [2.75, 3.05) is 31.4 Å². The molecule has 0 saturated carbocycles. The number of sulfonamides is 1. The molecule has 9 nitrogen and oxygen atoms in total. The summed E-state index contributed by atoms with van der Waals surface area (Å²) >= 11 is 0. The quantitative estimate of drug-likeness (QED) is 0.211. The van der Waals surface area contributed by atoms with Crippen LogP contribution < -0.4 is 15.8 Å². The van der Waals surface area contributed by atoms with E-state index in [4.69, 9.17) is 10.7 Å². The Bertz CT molecular complexity index is 1900. The van der Waals surface area contributed by atoms with Crippen molar-refractivity contribution in [3.63, 3.8) is 0 Å². The summed E-state index contributed by atoms with van der Waals surface area (Å²) in [5.74, 6) is 0.158. The van der Waals surface area contributed by atoms with Crippen molar-refractivity contribution in [3.05, 3.63) is 107 Å². The zero-order valence-electron chi connectivity index (χ0n) is 24.9. The van der Waals surface area contributed by atoms with Crippen molar-refractivity contribution in [1.82, 2.24) is 19.8 Å². The summed E-state index contributed by atoms with van der Waals surface area (Å²) < 4.78 is 31.0. The van der Waals surface area contributed by atoms with Crippen LogP contribution in [-0.4, -0.2) is 55.5 Å². The zero-order chi connectivity index (χ0) is 30.7. The van der Waals surface area contributed by atoms with Gasteiger partial charge in [0.2, 0.25) is 10.0 Å². The van der Waals surface area contributed by atoms with Crippen molar-refractivity contribution >= 4 is 43.4 Å². The molecule has 3 aromatic carbocycles. The number of anilines is 1. The lowest BCUT2D eigenvalue weighted by molar-refractivity contribution is 0.0930. The summed E-state index contributed by atoms with van der Waals surface area (Å²) in [6.45, 7) is 3.28. The molecule has 0 unspecified atom stereocenters. The lowest BCUT2D eigenvalue weighted by Crippen LogP contribution is -2.37. The van der Waals surface area contributed by atoms with E-state index in [1.807, 2.05) is 77.4 Å². The van der Waals surface area contributed by atoms with Gasteiger partial charge < -0.3 is 20.5 Å². The number of likely N-dealkylation sites (tertiary alicyclic amines) is 1. The van der Waals surface area contributed by atoms with Gasteiger partial charge in [0.1, 0.15) is 11.3 Å². The van der Waals surface area contributed by atoms with Crippen LogP contribution >= 0.6 is 0 Å². The van der Waals surface area contributed by atoms with E-state index < -0.39 is 10.0 Å². The highest BCUT2D eigenvalue weighted by Crippen LogP contribution is 2.29. The summed E-state index contributed by atoms with van der Waals surface area (Å²) in [5.41, 5.74) is 9.87. The Labute approximate surface area is 258 Å². The second kappa shape index (κ2) is 12.8. The van der Waals surface area contributed by atoms with Crippen LogP contribution in [0.3, 0.4) is 0 Å². The fraction of sp³-hybridized carbons (Fsp3) is 0.294. The van der Waals surface area contributed by atoms with Crippen molar-refractivity contribution in [2.24, 2.45) is 11.7 Å². The second-order valence-corrected chi connectivity index (χ2v) is 13.4. The maximum absolute atomic E-state index is 13.7. The van der Waals surface area contributed by atoms with Gasteiger partial charge in [-0.15, -0.1) is 0 Å². The molecule has 0 atom stereocenters. The molecule has 3 heterocycles. The van der Waals surface area contributed by atoms with Crippen LogP contribution in [0.5, 0.6) is 0 Å². The molecule has 2 aromatic heterocycles. The molecule has 1 saturated heterocycles. The first-order chi connectivity index (χ1) is 21.3. The third-order valence-electron chi connectivity index (χ3n) is 8.38. The van der Waals surface area contributed by atoms with Gasteiger partial charge in [0.05, 0.1) is 18.0 Å².